The van der Waals surface area contributed by atoms with Crippen molar-refractivity contribution in [2.75, 3.05) is 10.6 Å². The van der Waals surface area contributed by atoms with E-state index in [-0.39, 0.29) is 17.5 Å². The Kier molecular flexibility index (Phi) is 6.33. The monoisotopic (exact) mass is 502 g/mol. The summed E-state index contributed by atoms with van der Waals surface area (Å²) in [5.74, 6) is -0.281. The van der Waals surface area contributed by atoms with Gasteiger partial charge in [0.15, 0.2) is 5.65 Å². The molecule has 3 aromatic carbocycles. The number of amides is 1. The van der Waals surface area contributed by atoms with E-state index in [1.807, 2.05) is 36.4 Å². The maximum Gasteiger partial charge on any atom is 0.418 e. The number of para-hydroxylation sites is 1. The van der Waals surface area contributed by atoms with E-state index in [9.17, 15) is 18.0 Å². The summed E-state index contributed by atoms with van der Waals surface area (Å²) >= 11 is 0. The Morgan fingerprint density at radius 1 is 0.865 bits per heavy atom. The van der Waals surface area contributed by atoms with E-state index in [4.69, 9.17) is 5.73 Å². The number of alkyl halides is 3. The van der Waals surface area contributed by atoms with E-state index in [0.29, 0.717) is 16.9 Å². The lowest BCUT2D eigenvalue weighted by Gasteiger charge is -2.13. The van der Waals surface area contributed by atoms with E-state index in [0.717, 1.165) is 17.2 Å². The first-order valence-corrected chi connectivity index (χ1v) is 11.3. The zero-order valence-electron chi connectivity index (χ0n) is 19.3. The summed E-state index contributed by atoms with van der Waals surface area (Å²) in [6.07, 6.45) is -2.78. The minimum absolute atomic E-state index is 0.0432. The van der Waals surface area contributed by atoms with Gasteiger partial charge in [0.25, 0.3) is 0 Å². The molecule has 0 radical (unpaired) electrons. The zero-order valence-corrected chi connectivity index (χ0v) is 19.3. The van der Waals surface area contributed by atoms with Crippen LogP contribution >= 0.6 is 0 Å². The molecule has 0 bridgehead atoms. The van der Waals surface area contributed by atoms with Crippen molar-refractivity contribution in [1.82, 2.24) is 14.6 Å². The second-order valence-corrected chi connectivity index (χ2v) is 8.28. The molecule has 0 aliphatic rings. The van der Waals surface area contributed by atoms with Crippen molar-refractivity contribution in [1.29, 1.82) is 0 Å². The summed E-state index contributed by atoms with van der Waals surface area (Å²) in [4.78, 5) is 16.8. The molecule has 10 heteroatoms. The normalized spacial score (nSPS) is 12.3. The molecule has 5 aromatic rings. The highest BCUT2D eigenvalue weighted by molar-refractivity contribution is 5.95. The number of benzene rings is 3. The molecule has 2 aromatic heterocycles. The van der Waals surface area contributed by atoms with Crippen LogP contribution in [0.2, 0.25) is 0 Å². The lowest BCUT2D eigenvalue weighted by Crippen LogP contribution is -2.27. The second kappa shape index (κ2) is 9.75. The van der Waals surface area contributed by atoms with Crippen LogP contribution in [-0.2, 0) is 11.0 Å². The Labute approximate surface area is 209 Å². The highest BCUT2D eigenvalue weighted by atomic mass is 19.4. The van der Waals surface area contributed by atoms with E-state index in [1.54, 1.807) is 36.5 Å². The molecule has 1 unspecified atom stereocenters. The van der Waals surface area contributed by atoms with Crippen molar-refractivity contribution in [2.24, 2.45) is 5.73 Å². The van der Waals surface area contributed by atoms with Crippen molar-refractivity contribution < 1.29 is 18.0 Å². The van der Waals surface area contributed by atoms with Crippen molar-refractivity contribution in [3.8, 4) is 11.1 Å². The van der Waals surface area contributed by atoms with Gasteiger partial charge >= 0.3 is 6.18 Å². The highest BCUT2D eigenvalue weighted by Gasteiger charge is 2.33. The third-order valence-electron chi connectivity index (χ3n) is 5.74. The van der Waals surface area contributed by atoms with Crippen molar-refractivity contribution in [3.63, 3.8) is 0 Å². The van der Waals surface area contributed by atoms with E-state index < -0.39 is 17.8 Å². The molecule has 0 saturated carbocycles. The number of nitrogens with two attached hydrogens (primary N) is 1. The topological polar surface area (TPSA) is 97.3 Å². The number of anilines is 3. The van der Waals surface area contributed by atoms with Crippen molar-refractivity contribution >= 4 is 28.9 Å². The van der Waals surface area contributed by atoms with Gasteiger partial charge in [-0.2, -0.15) is 18.2 Å². The fraction of sp³-hybridized carbons (Fsp3) is 0.0741. The van der Waals surface area contributed by atoms with Gasteiger partial charge in [-0.25, -0.2) is 4.52 Å². The van der Waals surface area contributed by atoms with Crippen LogP contribution in [0.5, 0.6) is 0 Å². The number of hydrogen-bond acceptors (Lipinski definition) is 5. The molecular weight excluding hydrogens is 481 g/mol. The highest BCUT2D eigenvalue weighted by Crippen LogP contribution is 2.35. The van der Waals surface area contributed by atoms with Gasteiger partial charge in [-0.1, -0.05) is 54.6 Å². The number of nitrogens with zero attached hydrogens (tertiary/aromatic N) is 3. The third kappa shape index (κ3) is 5.29. The smallest absolute Gasteiger partial charge is 0.324 e. The average Bonchev–Trinajstić information content (AvgIpc) is 3.30. The van der Waals surface area contributed by atoms with E-state index >= 15 is 0 Å². The number of rotatable bonds is 6. The Morgan fingerprint density at radius 3 is 2.27 bits per heavy atom. The Hall–Kier alpha value is -4.70. The molecule has 0 aliphatic carbocycles. The molecule has 37 heavy (non-hydrogen) atoms. The van der Waals surface area contributed by atoms with Gasteiger partial charge in [0.2, 0.25) is 11.9 Å². The number of carbonyl (C=O) groups excluding carboxylic acids is 1. The van der Waals surface area contributed by atoms with Gasteiger partial charge in [0.1, 0.15) is 6.04 Å². The molecular formula is C27H21F3N6O. The molecule has 0 aliphatic heterocycles. The summed E-state index contributed by atoms with van der Waals surface area (Å²) in [7, 11) is 0. The number of nitrogens with one attached hydrogen (secondary N) is 2. The Balaban J connectivity index is 1.32. The fourth-order valence-electron chi connectivity index (χ4n) is 3.84. The summed E-state index contributed by atoms with van der Waals surface area (Å²) in [5, 5.41) is 9.75. The van der Waals surface area contributed by atoms with Gasteiger partial charge < -0.3 is 16.4 Å². The molecule has 1 atom stereocenters. The lowest BCUT2D eigenvalue weighted by atomic mass is 10.1. The molecule has 5 rings (SSSR count). The maximum absolute atomic E-state index is 13.3. The third-order valence-corrected chi connectivity index (χ3v) is 5.74. The van der Waals surface area contributed by atoms with Crippen LogP contribution in [0.15, 0.2) is 97.2 Å². The van der Waals surface area contributed by atoms with Crippen LogP contribution < -0.4 is 16.4 Å². The van der Waals surface area contributed by atoms with Crippen LogP contribution in [0.25, 0.3) is 16.8 Å². The summed E-state index contributed by atoms with van der Waals surface area (Å²) in [6, 6.07) is 24.2. The molecule has 1 amide bonds. The number of aromatic nitrogens is 3. The van der Waals surface area contributed by atoms with Gasteiger partial charge in [-0.15, -0.1) is 5.10 Å². The SMILES string of the molecule is NC(C(=O)Nc1ccc(-c2ccc3nc(Nc4ccccc4C(F)(F)F)nn3c2)cc1)c1ccccc1. The minimum atomic E-state index is -4.51. The summed E-state index contributed by atoms with van der Waals surface area (Å²) < 4.78 is 41.4. The molecule has 0 saturated heterocycles. The van der Waals surface area contributed by atoms with Crippen LogP contribution in [0.3, 0.4) is 0 Å². The zero-order chi connectivity index (χ0) is 26.0. The molecule has 0 spiro atoms. The Morgan fingerprint density at radius 2 is 1.54 bits per heavy atom. The average molecular weight is 503 g/mol. The maximum atomic E-state index is 13.3. The predicted octanol–water partition coefficient (Wildman–Crippen LogP) is 5.80. The molecule has 4 N–H and O–H groups in total. The number of hydrogen-bond donors (Lipinski definition) is 3. The quantitative estimate of drug-likeness (QED) is 0.273. The molecule has 2 heterocycles. The van der Waals surface area contributed by atoms with E-state index in [2.05, 4.69) is 20.7 Å². The van der Waals surface area contributed by atoms with Gasteiger partial charge in [0, 0.05) is 17.4 Å². The summed E-state index contributed by atoms with van der Waals surface area (Å²) in [5.41, 5.74) is 8.55. The predicted molar refractivity (Wildman–Crippen MR) is 135 cm³/mol. The lowest BCUT2D eigenvalue weighted by molar-refractivity contribution is -0.137. The van der Waals surface area contributed by atoms with Gasteiger partial charge in [-0.3, -0.25) is 4.79 Å². The van der Waals surface area contributed by atoms with E-state index in [1.165, 1.54) is 22.7 Å². The first-order valence-electron chi connectivity index (χ1n) is 11.3. The molecule has 7 nitrogen and oxygen atoms in total. The van der Waals surface area contributed by atoms with Crippen LogP contribution in [0.4, 0.5) is 30.5 Å². The van der Waals surface area contributed by atoms with Gasteiger partial charge in [0.05, 0.1) is 11.3 Å². The molecule has 186 valence electrons. The first kappa shape index (κ1) is 24.0. The fourth-order valence-corrected chi connectivity index (χ4v) is 3.84. The first-order chi connectivity index (χ1) is 17.8. The Bertz CT molecular complexity index is 1550. The molecule has 0 fully saturated rings. The number of pyridine rings is 1. The van der Waals surface area contributed by atoms with Crippen molar-refractivity contribution in [3.05, 3.63) is 108 Å². The minimum Gasteiger partial charge on any atom is -0.324 e. The van der Waals surface area contributed by atoms with Crippen molar-refractivity contribution in [2.45, 2.75) is 12.2 Å². The number of carbonyl (C=O) groups is 1. The summed E-state index contributed by atoms with van der Waals surface area (Å²) in [6.45, 7) is 0. The van der Waals surface area contributed by atoms with Crippen LogP contribution in [0, 0.1) is 0 Å². The van der Waals surface area contributed by atoms with Gasteiger partial charge in [-0.05, 0) is 47.5 Å². The second-order valence-electron chi connectivity index (χ2n) is 8.28. The number of fused-ring (bicyclic) bond motifs is 1. The van der Waals surface area contributed by atoms with Crippen LogP contribution in [-0.4, -0.2) is 20.5 Å². The number of halogens is 3. The largest absolute Gasteiger partial charge is 0.418 e. The van der Waals surface area contributed by atoms with Crippen LogP contribution in [0.1, 0.15) is 17.2 Å². The standard InChI is InChI=1S/C27H21F3N6O/c28-27(29,30)21-8-4-5-9-22(21)33-26-34-23-15-12-19(16-36(23)35-26)17-10-13-20(14-11-17)32-25(37)24(31)18-6-2-1-3-7-18/h1-16,24H,31H2,(H,32,37)(H,33,35).